The lowest BCUT2D eigenvalue weighted by Crippen LogP contribution is -2.30. The molecule has 1 rings (SSSR count). The van der Waals surface area contributed by atoms with Crippen molar-refractivity contribution < 1.29 is 19.0 Å². The molecule has 6 heteroatoms. The predicted octanol–water partition coefficient (Wildman–Crippen LogP) is 3.35. The largest absolute Gasteiger partial charge is 0.469 e. The van der Waals surface area contributed by atoms with Gasteiger partial charge in [0.2, 0.25) is 7.37 Å². The molecule has 0 aromatic carbocycles. The van der Waals surface area contributed by atoms with Crippen LogP contribution < -0.4 is 5.73 Å². The lowest BCUT2D eigenvalue weighted by atomic mass is 9.87. The molecule has 5 nitrogen and oxygen atoms in total. The second-order valence-electron chi connectivity index (χ2n) is 7.09. The van der Waals surface area contributed by atoms with Crippen LogP contribution in [0.25, 0.3) is 0 Å². The van der Waals surface area contributed by atoms with Gasteiger partial charge >= 0.3 is 5.97 Å². The summed E-state index contributed by atoms with van der Waals surface area (Å²) in [5.74, 6) is -0.967. The average Bonchev–Trinajstić information content (AvgIpc) is 2.46. The van der Waals surface area contributed by atoms with E-state index in [0.717, 1.165) is 12.8 Å². The van der Waals surface area contributed by atoms with Crippen molar-refractivity contribution in [3.8, 4) is 0 Å². The molecule has 3 N–H and O–H groups in total. The van der Waals surface area contributed by atoms with Crippen molar-refractivity contribution >= 4 is 13.3 Å². The SMILES string of the molecule is COC(=O)C(CC(C)C)CP(=O)(O)C(N)CC1CCCCC1. The van der Waals surface area contributed by atoms with E-state index in [-0.39, 0.29) is 12.1 Å². The number of methoxy groups -OCH3 is 1. The van der Waals surface area contributed by atoms with Crippen molar-refractivity contribution in [2.45, 2.75) is 64.6 Å². The van der Waals surface area contributed by atoms with Crippen LogP contribution in [0.5, 0.6) is 0 Å². The van der Waals surface area contributed by atoms with Crippen LogP contribution in [-0.4, -0.2) is 29.9 Å². The highest BCUT2D eigenvalue weighted by atomic mass is 31.2. The third kappa shape index (κ3) is 6.39. The molecule has 0 heterocycles. The number of hydrogen-bond donors (Lipinski definition) is 2. The van der Waals surface area contributed by atoms with E-state index in [1.165, 1.54) is 26.4 Å². The van der Waals surface area contributed by atoms with Crippen LogP contribution in [-0.2, 0) is 14.1 Å². The molecule has 0 amide bonds. The minimum atomic E-state index is -3.55. The Bertz CT molecular complexity index is 394. The van der Waals surface area contributed by atoms with E-state index >= 15 is 0 Å². The van der Waals surface area contributed by atoms with E-state index < -0.39 is 25.0 Å². The van der Waals surface area contributed by atoms with E-state index in [2.05, 4.69) is 0 Å². The molecule has 0 bridgehead atoms. The van der Waals surface area contributed by atoms with Gasteiger partial charge in [-0.3, -0.25) is 9.36 Å². The van der Waals surface area contributed by atoms with Gasteiger partial charge in [0.15, 0.2) is 0 Å². The molecule has 0 radical (unpaired) electrons. The smallest absolute Gasteiger partial charge is 0.309 e. The zero-order valence-electron chi connectivity index (χ0n) is 14.2. The summed E-state index contributed by atoms with van der Waals surface area (Å²) in [6, 6.07) is 0. The van der Waals surface area contributed by atoms with Crippen LogP contribution in [0.2, 0.25) is 0 Å². The first-order valence-electron chi connectivity index (χ1n) is 8.41. The molecule has 1 aliphatic carbocycles. The molecule has 0 aliphatic heterocycles. The van der Waals surface area contributed by atoms with Gasteiger partial charge in [-0.2, -0.15) is 0 Å². The Labute approximate surface area is 134 Å². The van der Waals surface area contributed by atoms with Crippen molar-refractivity contribution in [2.24, 2.45) is 23.5 Å². The highest BCUT2D eigenvalue weighted by molar-refractivity contribution is 7.58. The fraction of sp³-hybridized carbons (Fsp3) is 0.938. The van der Waals surface area contributed by atoms with Gasteiger partial charge in [0.25, 0.3) is 0 Å². The van der Waals surface area contributed by atoms with Crippen molar-refractivity contribution in [2.75, 3.05) is 13.3 Å². The standard InChI is InChI=1S/C16H32NO4P/c1-12(2)9-14(16(18)21-3)11-22(19,20)15(17)10-13-7-5-4-6-8-13/h12-15H,4-11,17H2,1-3H3,(H,19,20). The second-order valence-corrected chi connectivity index (χ2v) is 9.63. The minimum Gasteiger partial charge on any atom is -0.469 e. The van der Waals surface area contributed by atoms with Gasteiger partial charge in [-0.25, -0.2) is 0 Å². The Morgan fingerprint density at radius 1 is 1.32 bits per heavy atom. The molecular formula is C16H32NO4P. The van der Waals surface area contributed by atoms with Gasteiger partial charge in [-0.1, -0.05) is 46.0 Å². The molecule has 1 saturated carbocycles. The van der Waals surface area contributed by atoms with Crippen molar-refractivity contribution in [3.05, 3.63) is 0 Å². The highest BCUT2D eigenvalue weighted by Gasteiger charge is 2.36. The van der Waals surface area contributed by atoms with E-state index in [0.29, 0.717) is 18.8 Å². The monoisotopic (exact) mass is 333 g/mol. The number of nitrogens with two attached hydrogens (primary N) is 1. The van der Waals surface area contributed by atoms with E-state index in [1.807, 2.05) is 13.8 Å². The third-order valence-corrected chi connectivity index (χ3v) is 6.80. The molecule has 0 spiro atoms. The van der Waals surface area contributed by atoms with E-state index in [4.69, 9.17) is 10.5 Å². The number of carbonyl (C=O) groups excluding carboxylic acids is 1. The normalized spacial score (nSPS) is 22.1. The Balaban J connectivity index is 2.64. The lowest BCUT2D eigenvalue weighted by molar-refractivity contribution is -0.145. The third-order valence-electron chi connectivity index (χ3n) is 4.59. The van der Waals surface area contributed by atoms with Gasteiger partial charge in [-0.05, 0) is 24.7 Å². The summed E-state index contributed by atoms with van der Waals surface area (Å²) in [5.41, 5.74) is 6.04. The van der Waals surface area contributed by atoms with Crippen LogP contribution in [0.4, 0.5) is 0 Å². The van der Waals surface area contributed by atoms with Crippen LogP contribution in [0.1, 0.15) is 58.8 Å². The van der Waals surface area contributed by atoms with Gasteiger partial charge in [0.1, 0.15) is 0 Å². The van der Waals surface area contributed by atoms with Crippen LogP contribution >= 0.6 is 7.37 Å². The molecule has 22 heavy (non-hydrogen) atoms. The molecule has 1 fully saturated rings. The molecule has 0 aromatic heterocycles. The Kier molecular flexibility index (Phi) is 8.09. The van der Waals surface area contributed by atoms with Crippen LogP contribution in [0, 0.1) is 17.8 Å². The quantitative estimate of drug-likeness (QED) is 0.525. The molecule has 3 unspecified atom stereocenters. The van der Waals surface area contributed by atoms with Crippen LogP contribution in [0.3, 0.4) is 0 Å². The van der Waals surface area contributed by atoms with Gasteiger partial charge < -0.3 is 15.4 Å². The fourth-order valence-electron chi connectivity index (χ4n) is 3.36. The average molecular weight is 333 g/mol. The van der Waals surface area contributed by atoms with Gasteiger partial charge in [0.05, 0.1) is 18.8 Å². The maximum absolute atomic E-state index is 12.6. The topological polar surface area (TPSA) is 89.6 Å². The molecule has 1 aliphatic rings. The first-order valence-corrected chi connectivity index (χ1v) is 10.3. The summed E-state index contributed by atoms with van der Waals surface area (Å²) in [5, 5.41) is 0. The summed E-state index contributed by atoms with van der Waals surface area (Å²) in [4.78, 5) is 22.2. The number of rotatable bonds is 8. The maximum atomic E-state index is 12.6. The molecular weight excluding hydrogens is 301 g/mol. The molecule has 0 saturated heterocycles. The summed E-state index contributed by atoms with van der Waals surface area (Å²) >= 11 is 0. The summed E-state index contributed by atoms with van der Waals surface area (Å²) in [7, 11) is -2.23. The summed E-state index contributed by atoms with van der Waals surface area (Å²) < 4.78 is 17.4. The summed E-state index contributed by atoms with van der Waals surface area (Å²) in [6.07, 6.45) is 6.89. The van der Waals surface area contributed by atoms with Gasteiger partial charge in [0, 0.05) is 6.16 Å². The molecule has 0 aromatic rings. The highest BCUT2D eigenvalue weighted by Crippen LogP contribution is 2.49. The maximum Gasteiger partial charge on any atom is 0.309 e. The Hall–Kier alpha value is -0.380. The first kappa shape index (κ1) is 19.7. The fourth-order valence-corrected chi connectivity index (χ4v) is 5.19. The van der Waals surface area contributed by atoms with Crippen molar-refractivity contribution in [1.82, 2.24) is 0 Å². The Morgan fingerprint density at radius 2 is 1.91 bits per heavy atom. The van der Waals surface area contributed by atoms with E-state index in [9.17, 15) is 14.3 Å². The zero-order chi connectivity index (χ0) is 16.8. The second kappa shape index (κ2) is 9.05. The lowest BCUT2D eigenvalue weighted by Gasteiger charge is -2.28. The summed E-state index contributed by atoms with van der Waals surface area (Å²) in [6.45, 7) is 3.97. The van der Waals surface area contributed by atoms with Gasteiger partial charge in [-0.15, -0.1) is 0 Å². The molecule has 3 atom stereocenters. The first-order chi connectivity index (χ1) is 10.3. The number of hydrogen-bond acceptors (Lipinski definition) is 4. The number of carbonyl (C=O) groups is 1. The van der Waals surface area contributed by atoms with E-state index in [1.54, 1.807) is 0 Å². The van der Waals surface area contributed by atoms with Crippen LogP contribution in [0.15, 0.2) is 0 Å². The number of ether oxygens (including phenoxy) is 1. The number of esters is 1. The minimum absolute atomic E-state index is 0.0637. The zero-order valence-corrected chi connectivity index (χ0v) is 15.1. The Morgan fingerprint density at radius 3 is 2.41 bits per heavy atom. The van der Waals surface area contributed by atoms with Crippen molar-refractivity contribution in [1.29, 1.82) is 0 Å². The van der Waals surface area contributed by atoms with Crippen molar-refractivity contribution in [3.63, 3.8) is 0 Å². The molecule has 130 valence electrons. The predicted molar refractivity (Wildman–Crippen MR) is 88.8 cm³/mol.